The van der Waals surface area contributed by atoms with Crippen LogP contribution in [0.1, 0.15) is 28.5 Å². The van der Waals surface area contributed by atoms with Gasteiger partial charge in [0.15, 0.2) is 5.82 Å². The molecule has 12 nitrogen and oxygen atoms in total. The van der Waals surface area contributed by atoms with Crippen LogP contribution >= 0.6 is 24.8 Å². The third-order valence-corrected chi connectivity index (χ3v) is 5.35. The minimum atomic E-state index is -0.675. The summed E-state index contributed by atoms with van der Waals surface area (Å²) in [6.07, 6.45) is -0.0993. The number of aromatic nitrogens is 2. The lowest BCUT2D eigenvalue weighted by molar-refractivity contribution is -0.385. The van der Waals surface area contributed by atoms with Crippen LogP contribution in [0.3, 0.4) is 0 Å². The number of hydrogen-bond donors (Lipinski definition) is 2. The van der Waals surface area contributed by atoms with Crippen LogP contribution in [0.2, 0.25) is 0 Å². The number of carbonyl (C=O) groups is 2. The van der Waals surface area contributed by atoms with Crippen molar-refractivity contribution in [2.45, 2.75) is 19.9 Å². The SMILES string of the molecule is CCOC(=O)n1nc(NC(=O)c2ccc(N(C)CCN(C)C)cc2[N+](=O)[O-])c2c1CCNC2.Cl.Cl. The molecule has 0 bridgehead atoms. The highest BCUT2D eigenvalue weighted by molar-refractivity contribution is 6.07. The van der Waals surface area contributed by atoms with Gasteiger partial charge in [-0.3, -0.25) is 14.9 Å². The van der Waals surface area contributed by atoms with Crippen molar-refractivity contribution in [3.05, 3.63) is 45.1 Å². The lowest BCUT2D eigenvalue weighted by atomic mass is 10.1. The molecule has 1 amide bonds. The molecule has 0 saturated carbocycles. The molecule has 2 N–H and O–H groups in total. The molecule has 194 valence electrons. The number of carbonyl (C=O) groups excluding carboxylic acids is 2. The van der Waals surface area contributed by atoms with Gasteiger partial charge in [0.1, 0.15) is 5.56 Å². The molecule has 3 rings (SSSR count). The van der Waals surface area contributed by atoms with E-state index in [1.165, 1.54) is 12.1 Å². The molecule has 2 aromatic rings. The molecule has 14 heteroatoms. The highest BCUT2D eigenvalue weighted by Crippen LogP contribution is 2.28. The highest BCUT2D eigenvalue weighted by Gasteiger charge is 2.28. The monoisotopic (exact) mass is 531 g/mol. The molecule has 35 heavy (non-hydrogen) atoms. The summed E-state index contributed by atoms with van der Waals surface area (Å²) in [5.41, 5.74) is 1.54. The molecule has 1 aliphatic heterocycles. The molecular formula is C21H31Cl2N7O5. The minimum absolute atomic E-state index is 0. The Bertz CT molecular complexity index is 1060. The number of halogens is 2. The Hall–Kier alpha value is -2.93. The number of nitrogens with zero attached hydrogens (tertiary/aromatic N) is 5. The number of nitro groups is 1. The summed E-state index contributed by atoms with van der Waals surface area (Å²) < 4.78 is 6.19. The number of ether oxygens (including phenoxy) is 1. The Morgan fingerprint density at radius 3 is 2.60 bits per heavy atom. The number of amides is 1. The van der Waals surface area contributed by atoms with E-state index in [1.54, 1.807) is 13.0 Å². The molecule has 0 atom stereocenters. The van der Waals surface area contributed by atoms with Crippen LogP contribution in [0, 0.1) is 10.1 Å². The standard InChI is InChI=1S/C21H29N7O5.2ClH/c1-5-33-21(30)27-17-8-9-22-13-16(17)19(24-27)23-20(29)15-7-6-14(12-18(15)28(31)32)26(4)11-10-25(2)3;;/h6-7,12,22H,5,8-11,13H2,1-4H3,(H,23,24,29);2*1H. The fourth-order valence-corrected chi connectivity index (χ4v) is 3.54. The third kappa shape index (κ3) is 7.04. The zero-order valence-corrected chi connectivity index (χ0v) is 21.7. The first-order chi connectivity index (χ1) is 15.7. The average Bonchev–Trinajstić information content (AvgIpc) is 3.15. The van der Waals surface area contributed by atoms with Gasteiger partial charge >= 0.3 is 6.09 Å². The van der Waals surface area contributed by atoms with Gasteiger partial charge in [-0.25, -0.2) is 4.79 Å². The predicted octanol–water partition coefficient (Wildman–Crippen LogP) is 2.54. The second-order valence-corrected chi connectivity index (χ2v) is 7.95. The Morgan fingerprint density at radius 1 is 1.26 bits per heavy atom. The lowest BCUT2D eigenvalue weighted by Crippen LogP contribution is -2.28. The summed E-state index contributed by atoms with van der Waals surface area (Å²) in [4.78, 5) is 40.3. The largest absolute Gasteiger partial charge is 0.448 e. The van der Waals surface area contributed by atoms with E-state index in [4.69, 9.17) is 4.74 Å². The first-order valence-corrected chi connectivity index (χ1v) is 10.7. The number of nitro benzene ring substituents is 1. The summed E-state index contributed by atoms with van der Waals surface area (Å²) in [6, 6.07) is 4.49. The average molecular weight is 532 g/mol. The van der Waals surface area contributed by atoms with E-state index in [-0.39, 0.29) is 48.5 Å². The van der Waals surface area contributed by atoms with Crippen LogP contribution in [0.4, 0.5) is 22.0 Å². The van der Waals surface area contributed by atoms with Crippen LogP contribution in [0.15, 0.2) is 18.2 Å². The van der Waals surface area contributed by atoms with Crippen molar-refractivity contribution < 1.29 is 19.2 Å². The molecule has 0 aliphatic carbocycles. The Balaban J connectivity index is 0.00000306. The number of rotatable bonds is 8. The number of hydrogen-bond acceptors (Lipinski definition) is 9. The van der Waals surface area contributed by atoms with Gasteiger partial charge < -0.3 is 25.2 Å². The van der Waals surface area contributed by atoms with E-state index in [1.807, 2.05) is 30.9 Å². The Kier molecular flexibility index (Phi) is 11.4. The molecule has 0 fully saturated rings. The van der Waals surface area contributed by atoms with Crippen molar-refractivity contribution in [2.24, 2.45) is 0 Å². The van der Waals surface area contributed by atoms with Gasteiger partial charge in [-0.05, 0) is 33.2 Å². The molecule has 0 unspecified atom stereocenters. The fraction of sp³-hybridized carbons (Fsp3) is 0.476. The van der Waals surface area contributed by atoms with Gasteiger partial charge in [0, 0.05) is 57.0 Å². The summed E-state index contributed by atoms with van der Waals surface area (Å²) in [6.45, 7) is 4.38. The summed E-state index contributed by atoms with van der Waals surface area (Å²) >= 11 is 0. The van der Waals surface area contributed by atoms with Crippen molar-refractivity contribution in [3.63, 3.8) is 0 Å². The molecule has 0 radical (unpaired) electrons. The molecular weight excluding hydrogens is 501 g/mol. The van der Waals surface area contributed by atoms with Crippen molar-refractivity contribution in [3.8, 4) is 0 Å². The van der Waals surface area contributed by atoms with E-state index in [0.717, 1.165) is 11.2 Å². The van der Waals surface area contributed by atoms with Crippen molar-refractivity contribution in [2.75, 3.05) is 57.6 Å². The van der Waals surface area contributed by atoms with Crippen molar-refractivity contribution in [1.29, 1.82) is 0 Å². The number of benzene rings is 1. The second kappa shape index (κ2) is 13.2. The normalized spacial score (nSPS) is 12.1. The van der Waals surface area contributed by atoms with Gasteiger partial charge in [0.25, 0.3) is 11.6 Å². The van der Waals surface area contributed by atoms with Crippen LogP contribution < -0.4 is 15.5 Å². The van der Waals surface area contributed by atoms with Crippen LogP contribution in [0.5, 0.6) is 0 Å². The molecule has 1 aromatic carbocycles. The molecule has 2 heterocycles. The van der Waals surface area contributed by atoms with E-state index in [9.17, 15) is 19.7 Å². The number of nitrogens with one attached hydrogen (secondary N) is 2. The van der Waals surface area contributed by atoms with Gasteiger partial charge in [-0.15, -0.1) is 29.9 Å². The number of fused-ring (bicyclic) bond motifs is 1. The third-order valence-electron chi connectivity index (χ3n) is 5.35. The topological polar surface area (TPSA) is 135 Å². The lowest BCUT2D eigenvalue weighted by Gasteiger charge is -2.21. The summed E-state index contributed by atoms with van der Waals surface area (Å²) in [5.74, 6) is -0.497. The Labute approximate surface area is 215 Å². The molecule has 1 aliphatic rings. The van der Waals surface area contributed by atoms with E-state index in [0.29, 0.717) is 43.0 Å². The number of likely N-dealkylation sites (N-methyl/N-ethyl adjacent to an activating group) is 2. The second-order valence-electron chi connectivity index (χ2n) is 7.95. The van der Waals surface area contributed by atoms with Crippen LogP contribution in [-0.4, -0.2) is 79.0 Å². The van der Waals surface area contributed by atoms with E-state index in [2.05, 4.69) is 15.7 Å². The smallest absolute Gasteiger partial charge is 0.434 e. The highest BCUT2D eigenvalue weighted by atomic mass is 35.5. The van der Waals surface area contributed by atoms with Crippen molar-refractivity contribution >= 4 is 54.0 Å². The minimum Gasteiger partial charge on any atom is -0.448 e. The van der Waals surface area contributed by atoms with Crippen LogP contribution in [-0.2, 0) is 17.7 Å². The molecule has 1 aromatic heterocycles. The maximum absolute atomic E-state index is 13.0. The fourth-order valence-electron chi connectivity index (χ4n) is 3.54. The van der Waals surface area contributed by atoms with Gasteiger partial charge in [-0.1, -0.05) is 0 Å². The summed E-state index contributed by atoms with van der Waals surface area (Å²) in [5, 5.41) is 21.8. The Morgan fingerprint density at radius 2 is 1.97 bits per heavy atom. The maximum atomic E-state index is 13.0. The molecule has 0 saturated heterocycles. The van der Waals surface area contributed by atoms with Gasteiger partial charge in [0.2, 0.25) is 0 Å². The van der Waals surface area contributed by atoms with E-state index >= 15 is 0 Å². The van der Waals surface area contributed by atoms with Crippen LogP contribution in [0.25, 0.3) is 0 Å². The first-order valence-electron chi connectivity index (χ1n) is 10.7. The van der Waals surface area contributed by atoms with Crippen molar-refractivity contribution in [1.82, 2.24) is 20.0 Å². The molecule has 0 spiro atoms. The van der Waals surface area contributed by atoms with Gasteiger partial charge in [-0.2, -0.15) is 4.68 Å². The van der Waals surface area contributed by atoms with E-state index < -0.39 is 16.9 Å². The quantitative estimate of drug-likeness (QED) is 0.389. The predicted molar refractivity (Wildman–Crippen MR) is 137 cm³/mol. The zero-order valence-electron chi connectivity index (χ0n) is 20.1. The zero-order chi connectivity index (χ0) is 24.1. The summed E-state index contributed by atoms with van der Waals surface area (Å²) in [7, 11) is 5.73. The maximum Gasteiger partial charge on any atom is 0.434 e. The first kappa shape index (κ1) is 30.1. The number of anilines is 2. The van der Waals surface area contributed by atoms with Gasteiger partial charge in [0.05, 0.1) is 17.2 Å².